The molecule has 0 aliphatic heterocycles. The number of hydrogen-bond donors (Lipinski definition) is 2. The van der Waals surface area contributed by atoms with E-state index >= 15 is 0 Å². The lowest BCUT2D eigenvalue weighted by molar-refractivity contribution is 0.0600. The monoisotopic (exact) mass is 326 g/mol. The number of ether oxygens (including phenoxy) is 1. The van der Waals surface area contributed by atoms with Gasteiger partial charge >= 0.3 is 5.97 Å². The fourth-order valence-electron chi connectivity index (χ4n) is 2.40. The molecule has 0 unspecified atom stereocenters. The van der Waals surface area contributed by atoms with E-state index in [2.05, 4.69) is 15.3 Å². The first kappa shape index (κ1) is 15.7. The van der Waals surface area contributed by atoms with Crippen molar-refractivity contribution < 1.29 is 13.9 Å². The second-order valence-corrected chi connectivity index (χ2v) is 5.26. The molecule has 0 saturated heterocycles. The van der Waals surface area contributed by atoms with Gasteiger partial charge in [0.25, 0.3) is 0 Å². The van der Waals surface area contributed by atoms with Crippen LogP contribution < -0.4 is 11.1 Å². The Morgan fingerprint density at radius 3 is 2.79 bits per heavy atom. The average Bonchev–Trinajstić information content (AvgIpc) is 2.56. The number of carbonyl (C=O) groups excluding carboxylic acids is 1. The number of nitrogen functional groups attached to an aromatic ring is 1. The van der Waals surface area contributed by atoms with Gasteiger partial charge in [0, 0.05) is 11.1 Å². The summed E-state index contributed by atoms with van der Waals surface area (Å²) in [5, 5.41) is 3.59. The van der Waals surface area contributed by atoms with Crippen LogP contribution in [0.5, 0.6) is 0 Å². The number of aromatic nitrogens is 2. The van der Waals surface area contributed by atoms with Crippen LogP contribution in [0.15, 0.2) is 36.7 Å². The van der Waals surface area contributed by atoms with E-state index in [9.17, 15) is 9.18 Å². The number of anilines is 3. The minimum absolute atomic E-state index is 0.123. The number of benzene rings is 2. The van der Waals surface area contributed by atoms with Crippen LogP contribution in [0.1, 0.15) is 15.9 Å². The Bertz CT molecular complexity index is 943. The Kier molecular flexibility index (Phi) is 3.99. The molecule has 0 aliphatic rings. The van der Waals surface area contributed by atoms with Gasteiger partial charge in [0.1, 0.15) is 18.0 Å². The Balaban J connectivity index is 2.07. The van der Waals surface area contributed by atoms with E-state index in [0.717, 1.165) is 0 Å². The molecule has 0 radical (unpaired) electrons. The highest BCUT2D eigenvalue weighted by molar-refractivity contribution is 5.94. The first-order valence-corrected chi connectivity index (χ1v) is 7.15. The number of esters is 1. The van der Waals surface area contributed by atoms with Crippen LogP contribution in [0.25, 0.3) is 10.9 Å². The molecule has 24 heavy (non-hydrogen) atoms. The minimum atomic E-state index is -0.532. The number of halogens is 1. The van der Waals surface area contributed by atoms with Crippen molar-refractivity contribution in [2.45, 2.75) is 6.92 Å². The summed E-state index contributed by atoms with van der Waals surface area (Å²) in [6.07, 6.45) is 1.36. The van der Waals surface area contributed by atoms with Crippen LogP contribution in [-0.2, 0) is 4.74 Å². The van der Waals surface area contributed by atoms with Gasteiger partial charge in [-0.3, -0.25) is 0 Å². The average molecular weight is 326 g/mol. The number of nitrogens with one attached hydrogen (secondary N) is 1. The predicted molar refractivity (Wildman–Crippen MR) is 89.7 cm³/mol. The summed E-state index contributed by atoms with van der Waals surface area (Å²) in [4.78, 5) is 20.1. The first-order chi connectivity index (χ1) is 11.5. The summed E-state index contributed by atoms with van der Waals surface area (Å²) in [5.41, 5.74) is 7.84. The van der Waals surface area contributed by atoms with E-state index in [1.165, 1.54) is 25.6 Å². The third kappa shape index (κ3) is 2.83. The van der Waals surface area contributed by atoms with Gasteiger partial charge in [-0.2, -0.15) is 0 Å². The number of rotatable bonds is 3. The number of carbonyl (C=O) groups is 1. The van der Waals surface area contributed by atoms with E-state index in [4.69, 9.17) is 10.5 Å². The van der Waals surface area contributed by atoms with Gasteiger partial charge in [0.05, 0.1) is 23.9 Å². The fraction of sp³-hybridized carbons (Fsp3) is 0.118. The Morgan fingerprint density at radius 2 is 2.04 bits per heavy atom. The maximum absolute atomic E-state index is 14.3. The minimum Gasteiger partial charge on any atom is -0.465 e. The van der Waals surface area contributed by atoms with Crippen molar-refractivity contribution in [2.24, 2.45) is 0 Å². The fourth-order valence-corrected chi connectivity index (χ4v) is 2.40. The van der Waals surface area contributed by atoms with Crippen molar-refractivity contribution in [1.29, 1.82) is 0 Å². The van der Waals surface area contributed by atoms with Crippen molar-refractivity contribution >= 4 is 34.1 Å². The lowest BCUT2D eigenvalue weighted by Crippen LogP contribution is -2.07. The van der Waals surface area contributed by atoms with Crippen LogP contribution in [0, 0.1) is 12.7 Å². The molecule has 0 amide bonds. The first-order valence-electron chi connectivity index (χ1n) is 7.15. The molecular weight excluding hydrogens is 311 g/mol. The molecule has 3 rings (SSSR count). The molecule has 0 atom stereocenters. The molecule has 0 bridgehead atoms. The van der Waals surface area contributed by atoms with E-state index in [1.807, 2.05) is 0 Å². The number of nitrogens with zero attached hydrogens (tertiary/aromatic N) is 2. The van der Waals surface area contributed by atoms with Gasteiger partial charge in [-0.25, -0.2) is 19.2 Å². The highest BCUT2D eigenvalue weighted by atomic mass is 19.1. The molecule has 3 aromatic rings. The van der Waals surface area contributed by atoms with Crippen molar-refractivity contribution in [3.05, 3.63) is 53.6 Å². The zero-order chi connectivity index (χ0) is 17.3. The van der Waals surface area contributed by atoms with E-state index < -0.39 is 11.8 Å². The lowest BCUT2D eigenvalue weighted by atomic mass is 10.1. The molecule has 0 saturated carbocycles. The quantitative estimate of drug-likeness (QED) is 0.567. The van der Waals surface area contributed by atoms with Crippen molar-refractivity contribution in [3.8, 4) is 0 Å². The van der Waals surface area contributed by atoms with Crippen LogP contribution in [-0.4, -0.2) is 23.0 Å². The van der Waals surface area contributed by atoms with Gasteiger partial charge < -0.3 is 15.8 Å². The van der Waals surface area contributed by atoms with Gasteiger partial charge in [-0.1, -0.05) is 0 Å². The number of methoxy groups -OCH3 is 1. The maximum Gasteiger partial charge on any atom is 0.338 e. The number of aryl methyl sites for hydroxylation is 1. The summed E-state index contributed by atoms with van der Waals surface area (Å²) >= 11 is 0. The van der Waals surface area contributed by atoms with E-state index in [0.29, 0.717) is 28.0 Å². The van der Waals surface area contributed by atoms with Crippen LogP contribution in [0.2, 0.25) is 0 Å². The molecule has 7 heteroatoms. The Labute approximate surface area is 137 Å². The van der Waals surface area contributed by atoms with Gasteiger partial charge in [0.15, 0.2) is 0 Å². The van der Waals surface area contributed by atoms with E-state index in [1.54, 1.807) is 25.1 Å². The molecule has 0 aliphatic carbocycles. The molecule has 0 spiro atoms. The third-order valence-corrected chi connectivity index (χ3v) is 3.63. The third-order valence-electron chi connectivity index (χ3n) is 3.63. The predicted octanol–water partition coefficient (Wildman–Crippen LogP) is 3.19. The number of nitrogens with two attached hydrogens (primary N) is 1. The van der Waals surface area contributed by atoms with Crippen LogP contribution in [0.4, 0.5) is 21.6 Å². The second kappa shape index (κ2) is 6.11. The standard InChI is InChI=1S/C17H15FN4O2/c1-9-5-13(18)15(7-12(9)17(23)24-2)22-16-11-4-3-10(19)6-14(11)20-8-21-16/h3-8H,19H2,1-2H3,(H,20,21,22). The van der Waals surface area contributed by atoms with Gasteiger partial charge in [0.2, 0.25) is 0 Å². The highest BCUT2D eigenvalue weighted by Crippen LogP contribution is 2.27. The van der Waals surface area contributed by atoms with Crippen molar-refractivity contribution in [3.63, 3.8) is 0 Å². The molecule has 3 N–H and O–H groups in total. The molecule has 0 fully saturated rings. The maximum atomic E-state index is 14.3. The van der Waals surface area contributed by atoms with Gasteiger partial charge in [-0.05, 0) is 42.8 Å². The summed E-state index contributed by atoms with van der Waals surface area (Å²) in [6.45, 7) is 1.64. The highest BCUT2D eigenvalue weighted by Gasteiger charge is 2.15. The lowest BCUT2D eigenvalue weighted by Gasteiger charge is -2.12. The number of fused-ring (bicyclic) bond motifs is 1. The summed E-state index contributed by atoms with van der Waals surface area (Å²) in [7, 11) is 1.28. The smallest absolute Gasteiger partial charge is 0.338 e. The van der Waals surface area contributed by atoms with Crippen molar-refractivity contribution in [2.75, 3.05) is 18.2 Å². The Morgan fingerprint density at radius 1 is 1.25 bits per heavy atom. The second-order valence-electron chi connectivity index (χ2n) is 5.26. The largest absolute Gasteiger partial charge is 0.465 e. The molecule has 1 aromatic heterocycles. The summed E-state index contributed by atoms with van der Waals surface area (Å²) < 4.78 is 19.0. The van der Waals surface area contributed by atoms with Crippen molar-refractivity contribution in [1.82, 2.24) is 9.97 Å². The SMILES string of the molecule is COC(=O)c1cc(Nc2ncnc3cc(N)ccc23)c(F)cc1C. The van der Waals surface area contributed by atoms with E-state index in [-0.39, 0.29) is 11.3 Å². The van der Waals surface area contributed by atoms with Crippen LogP contribution >= 0.6 is 0 Å². The molecular formula is C17H15FN4O2. The molecule has 122 valence electrons. The Hall–Kier alpha value is -3.22. The number of hydrogen-bond acceptors (Lipinski definition) is 6. The normalized spacial score (nSPS) is 10.6. The molecule has 1 heterocycles. The van der Waals surface area contributed by atoms with Crippen LogP contribution in [0.3, 0.4) is 0 Å². The topological polar surface area (TPSA) is 90.1 Å². The summed E-state index contributed by atoms with van der Waals surface area (Å²) in [6, 6.07) is 7.84. The molecule has 6 nitrogen and oxygen atoms in total. The summed E-state index contributed by atoms with van der Waals surface area (Å²) in [5.74, 6) is -0.614. The zero-order valence-electron chi connectivity index (χ0n) is 13.1. The van der Waals surface area contributed by atoms with Gasteiger partial charge in [-0.15, -0.1) is 0 Å². The molecule has 2 aromatic carbocycles. The zero-order valence-corrected chi connectivity index (χ0v) is 13.1.